The van der Waals surface area contributed by atoms with Crippen molar-refractivity contribution in [1.82, 2.24) is 4.90 Å². The van der Waals surface area contributed by atoms with Gasteiger partial charge in [0.15, 0.2) is 0 Å². The SMILES string of the molecule is COC(=O)[C@]1(c2ccccc2)C[C@H]1CN1CC[C@@]2(C)c3cc(O)ccc3C[C@@H]1[C@@H]2C. The van der Waals surface area contributed by atoms with Crippen LogP contribution in [0.3, 0.4) is 0 Å². The molecular weight excluding hydrogens is 374 g/mol. The van der Waals surface area contributed by atoms with Gasteiger partial charge in [-0.1, -0.05) is 50.2 Å². The number of likely N-dealkylation sites (tertiary alicyclic amines) is 1. The maximum Gasteiger partial charge on any atom is 0.316 e. The first-order chi connectivity index (χ1) is 14.4. The molecule has 1 N–H and O–H groups in total. The Hall–Kier alpha value is -2.33. The molecule has 0 radical (unpaired) electrons. The summed E-state index contributed by atoms with van der Waals surface area (Å²) in [5, 5.41) is 10.1. The van der Waals surface area contributed by atoms with Crippen molar-refractivity contribution in [2.45, 2.75) is 50.0 Å². The molecule has 5 atom stereocenters. The third-order valence-electron chi connectivity index (χ3n) is 8.51. The van der Waals surface area contributed by atoms with Crippen molar-refractivity contribution in [3.63, 3.8) is 0 Å². The number of esters is 1. The van der Waals surface area contributed by atoms with Crippen LogP contribution in [0.4, 0.5) is 0 Å². The molecule has 1 aliphatic heterocycles. The number of fused-ring (bicyclic) bond motifs is 4. The van der Waals surface area contributed by atoms with Crippen LogP contribution in [-0.4, -0.2) is 42.2 Å². The number of hydrogen-bond donors (Lipinski definition) is 1. The van der Waals surface area contributed by atoms with Crippen molar-refractivity contribution < 1.29 is 14.6 Å². The lowest BCUT2D eigenvalue weighted by Crippen LogP contribution is -2.58. The number of piperidine rings is 1. The molecule has 30 heavy (non-hydrogen) atoms. The molecular formula is C26H31NO3. The van der Waals surface area contributed by atoms with Crippen molar-refractivity contribution >= 4 is 5.97 Å². The van der Waals surface area contributed by atoms with E-state index in [1.165, 1.54) is 18.2 Å². The molecule has 4 nitrogen and oxygen atoms in total. The molecule has 0 amide bonds. The Bertz CT molecular complexity index is 973. The van der Waals surface area contributed by atoms with E-state index < -0.39 is 5.41 Å². The zero-order chi connectivity index (χ0) is 21.1. The molecule has 0 spiro atoms. The average Bonchev–Trinajstić information content (AvgIpc) is 3.48. The summed E-state index contributed by atoms with van der Waals surface area (Å²) < 4.78 is 5.25. The molecule has 2 bridgehead atoms. The van der Waals surface area contributed by atoms with E-state index in [2.05, 4.69) is 36.9 Å². The molecule has 1 saturated carbocycles. The summed E-state index contributed by atoms with van der Waals surface area (Å²) in [4.78, 5) is 15.4. The lowest BCUT2D eigenvalue weighted by molar-refractivity contribution is -0.144. The zero-order valence-electron chi connectivity index (χ0n) is 18.1. The van der Waals surface area contributed by atoms with E-state index in [0.717, 1.165) is 37.9 Å². The van der Waals surface area contributed by atoms with Crippen LogP contribution < -0.4 is 0 Å². The molecule has 2 fully saturated rings. The maximum atomic E-state index is 12.8. The molecule has 4 heteroatoms. The number of benzene rings is 2. The molecule has 158 valence electrons. The monoisotopic (exact) mass is 405 g/mol. The van der Waals surface area contributed by atoms with Gasteiger partial charge >= 0.3 is 5.97 Å². The molecule has 2 aliphatic carbocycles. The van der Waals surface area contributed by atoms with Crippen LogP contribution >= 0.6 is 0 Å². The number of carbonyl (C=O) groups excluding carboxylic acids is 1. The number of phenols is 1. The van der Waals surface area contributed by atoms with Crippen LogP contribution in [0.5, 0.6) is 5.75 Å². The van der Waals surface area contributed by atoms with Gasteiger partial charge in [-0.25, -0.2) is 0 Å². The van der Waals surface area contributed by atoms with Gasteiger partial charge in [0, 0.05) is 12.6 Å². The van der Waals surface area contributed by atoms with Gasteiger partial charge in [-0.3, -0.25) is 9.69 Å². The molecule has 0 unspecified atom stereocenters. The fraction of sp³-hybridized carbons (Fsp3) is 0.500. The van der Waals surface area contributed by atoms with Gasteiger partial charge in [-0.15, -0.1) is 0 Å². The number of carbonyl (C=O) groups is 1. The summed E-state index contributed by atoms with van der Waals surface area (Å²) in [6, 6.07) is 16.5. The molecule has 5 rings (SSSR count). The minimum Gasteiger partial charge on any atom is -0.508 e. The minimum absolute atomic E-state index is 0.0932. The van der Waals surface area contributed by atoms with Crippen LogP contribution in [0.25, 0.3) is 0 Å². The van der Waals surface area contributed by atoms with Gasteiger partial charge in [-0.05, 0) is 71.9 Å². The Kier molecular flexibility index (Phi) is 4.48. The zero-order valence-corrected chi connectivity index (χ0v) is 18.1. The second-order valence-corrected chi connectivity index (χ2v) is 9.79. The normalized spacial score (nSPS) is 34.8. The Balaban J connectivity index is 1.41. The standard InChI is InChI=1S/C26H31NO3/c1-17-23-13-18-9-10-21(28)14-22(18)25(17,2)11-12-27(23)16-20-15-26(20,24(29)30-3)19-7-5-4-6-8-19/h4-10,14,17,20,23,28H,11-13,15-16H2,1-3H3/t17-,20-,23+,25+,26-/m0/s1. The fourth-order valence-corrected chi connectivity index (χ4v) is 6.39. The number of ether oxygens (including phenoxy) is 1. The highest BCUT2D eigenvalue weighted by Gasteiger charge is 2.63. The van der Waals surface area contributed by atoms with Crippen molar-refractivity contribution in [2.75, 3.05) is 20.2 Å². The van der Waals surface area contributed by atoms with E-state index in [1.807, 2.05) is 30.3 Å². The first kappa shape index (κ1) is 19.6. The molecule has 2 aromatic carbocycles. The first-order valence-corrected chi connectivity index (χ1v) is 11.1. The molecule has 0 aromatic heterocycles. The number of phenolic OH excluding ortho intramolecular Hbond substituents is 1. The smallest absolute Gasteiger partial charge is 0.316 e. The Labute approximate surface area is 178 Å². The lowest BCUT2D eigenvalue weighted by Gasteiger charge is -2.54. The second-order valence-electron chi connectivity index (χ2n) is 9.79. The fourth-order valence-electron chi connectivity index (χ4n) is 6.39. The molecule has 1 heterocycles. The van der Waals surface area contributed by atoms with E-state index >= 15 is 0 Å². The quantitative estimate of drug-likeness (QED) is 0.780. The van der Waals surface area contributed by atoms with Crippen LogP contribution in [0.15, 0.2) is 48.5 Å². The van der Waals surface area contributed by atoms with E-state index in [4.69, 9.17) is 4.74 Å². The van der Waals surface area contributed by atoms with Crippen LogP contribution in [0.1, 0.15) is 43.4 Å². The topological polar surface area (TPSA) is 49.8 Å². The Morgan fingerprint density at radius 2 is 2.00 bits per heavy atom. The summed E-state index contributed by atoms with van der Waals surface area (Å²) in [6.07, 6.45) is 2.95. The van der Waals surface area contributed by atoms with Crippen molar-refractivity contribution in [3.05, 3.63) is 65.2 Å². The highest BCUT2D eigenvalue weighted by atomic mass is 16.5. The summed E-state index contributed by atoms with van der Waals surface area (Å²) in [6.45, 7) is 6.69. The predicted octanol–water partition coefficient (Wildman–Crippen LogP) is 4.05. The van der Waals surface area contributed by atoms with Crippen molar-refractivity contribution in [2.24, 2.45) is 11.8 Å². The predicted molar refractivity (Wildman–Crippen MR) is 117 cm³/mol. The van der Waals surface area contributed by atoms with E-state index in [-0.39, 0.29) is 11.4 Å². The van der Waals surface area contributed by atoms with Gasteiger partial charge in [0.25, 0.3) is 0 Å². The number of hydrogen-bond acceptors (Lipinski definition) is 4. The minimum atomic E-state index is -0.488. The molecule has 1 saturated heterocycles. The molecule has 3 aliphatic rings. The van der Waals surface area contributed by atoms with Gasteiger partial charge < -0.3 is 9.84 Å². The van der Waals surface area contributed by atoms with Crippen molar-refractivity contribution in [3.8, 4) is 5.75 Å². The van der Waals surface area contributed by atoms with E-state index in [9.17, 15) is 9.90 Å². The van der Waals surface area contributed by atoms with Crippen LogP contribution in [-0.2, 0) is 26.8 Å². The van der Waals surface area contributed by atoms with Crippen molar-refractivity contribution in [1.29, 1.82) is 0 Å². The number of aromatic hydroxyl groups is 1. The lowest BCUT2D eigenvalue weighted by atomic mass is 9.59. The largest absolute Gasteiger partial charge is 0.508 e. The highest BCUT2D eigenvalue weighted by Crippen LogP contribution is 2.57. The number of rotatable bonds is 4. The second kappa shape index (κ2) is 6.84. The van der Waals surface area contributed by atoms with Gasteiger partial charge in [0.05, 0.1) is 12.5 Å². The summed E-state index contributed by atoms with van der Waals surface area (Å²) >= 11 is 0. The van der Waals surface area contributed by atoms with E-state index in [0.29, 0.717) is 23.6 Å². The van der Waals surface area contributed by atoms with E-state index in [1.54, 1.807) is 0 Å². The van der Waals surface area contributed by atoms with Gasteiger partial charge in [0.1, 0.15) is 5.75 Å². The third-order valence-corrected chi connectivity index (χ3v) is 8.51. The number of nitrogens with zero attached hydrogens (tertiary/aromatic N) is 1. The van der Waals surface area contributed by atoms with Gasteiger partial charge in [0.2, 0.25) is 0 Å². The number of methoxy groups -OCH3 is 1. The van der Waals surface area contributed by atoms with Gasteiger partial charge in [-0.2, -0.15) is 0 Å². The van der Waals surface area contributed by atoms with Crippen LogP contribution in [0.2, 0.25) is 0 Å². The Morgan fingerprint density at radius 1 is 1.23 bits per heavy atom. The first-order valence-electron chi connectivity index (χ1n) is 11.1. The maximum absolute atomic E-state index is 12.8. The third kappa shape index (κ3) is 2.73. The summed E-state index contributed by atoms with van der Waals surface area (Å²) in [5.41, 5.74) is 3.38. The molecule has 2 aromatic rings. The average molecular weight is 406 g/mol. The van der Waals surface area contributed by atoms with Crippen LogP contribution in [0, 0.1) is 11.8 Å². The highest BCUT2D eigenvalue weighted by molar-refractivity contribution is 5.87. The summed E-state index contributed by atoms with van der Waals surface area (Å²) in [7, 11) is 1.50. The summed E-state index contributed by atoms with van der Waals surface area (Å²) in [5.74, 6) is 1.07. The Morgan fingerprint density at radius 3 is 2.73 bits per heavy atom.